The van der Waals surface area contributed by atoms with Crippen LogP contribution in [-0.2, 0) is 4.79 Å². The fourth-order valence-electron chi connectivity index (χ4n) is 1.21. The van der Waals surface area contributed by atoms with Gasteiger partial charge >= 0.3 is 0 Å². The van der Waals surface area contributed by atoms with Crippen LogP contribution in [0.5, 0.6) is 0 Å². The van der Waals surface area contributed by atoms with Gasteiger partial charge in [-0.3, -0.25) is 9.59 Å². The number of hydrogen-bond donors (Lipinski definition) is 3. The zero-order valence-corrected chi connectivity index (χ0v) is 11.1. The fraction of sp³-hybridized carbons (Fsp3) is 0.333. The Morgan fingerprint density at radius 1 is 1.20 bits per heavy atom. The number of halogens is 3. The van der Waals surface area contributed by atoms with E-state index in [1.165, 1.54) is 24.3 Å². The Balaban J connectivity index is 2.37. The first-order valence-corrected chi connectivity index (χ1v) is 6.01. The summed E-state index contributed by atoms with van der Waals surface area (Å²) in [6.07, 6.45) is 0. The molecule has 3 N–H and O–H groups in total. The van der Waals surface area contributed by atoms with Crippen LogP contribution >= 0.6 is 11.6 Å². The third-order valence-electron chi connectivity index (χ3n) is 2.29. The largest absolute Gasteiger partial charge is 0.390 e. The Labute approximate surface area is 118 Å². The van der Waals surface area contributed by atoms with Crippen LogP contribution in [0.25, 0.3) is 0 Å². The molecule has 0 radical (unpaired) electrons. The molecule has 2 amide bonds. The summed E-state index contributed by atoms with van der Waals surface area (Å²) in [4.78, 5) is 22.8. The molecule has 0 bridgehead atoms. The number of benzene rings is 1. The summed E-state index contributed by atoms with van der Waals surface area (Å²) in [6, 6.07) is 5.96. The van der Waals surface area contributed by atoms with Crippen molar-refractivity contribution in [3.05, 3.63) is 34.9 Å². The highest BCUT2D eigenvalue weighted by atomic mass is 35.5. The molecule has 1 aromatic rings. The maximum atomic E-state index is 12.7. The molecular formula is C12H13ClF2N2O3. The molecule has 0 aliphatic heterocycles. The maximum Gasteiger partial charge on any atom is 0.287 e. The topological polar surface area (TPSA) is 78.4 Å². The molecule has 0 heterocycles. The molecule has 0 saturated carbocycles. The van der Waals surface area contributed by atoms with Gasteiger partial charge in [-0.2, -0.15) is 0 Å². The standard InChI is InChI=1S/C12H13ClF2N2O3/c13-9-3-1-8(2-4-9)11(20)16-5-10(19)17-6-12(14,15)7-18/h1-4,18H,5-7H2,(H,16,20)(H,17,19). The van der Waals surface area contributed by atoms with Gasteiger partial charge in [0.15, 0.2) is 0 Å². The predicted octanol–water partition coefficient (Wildman–Crippen LogP) is 0.814. The summed E-state index contributed by atoms with van der Waals surface area (Å²) in [6.45, 7) is -2.79. The highest BCUT2D eigenvalue weighted by Gasteiger charge is 2.28. The number of aliphatic hydroxyl groups is 1. The Morgan fingerprint density at radius 2 is 1.80 bits per heavy atom. The molecule has 0 unspecified atom stereocenters. The second-order valence-electron chi connectivity index (χ2n) is 3.98. The van der Waals surface area contributed by atoms with E-state index >= 15 is 0 Å². The average molecular weight is 307 g/mol. The van der Waals surface area contributed by atoms with Crippen molar-refractivity contribution in [2.45, 2.75) is 5.92 Å². The molecule has 0 aliphatic rings. The molecule has 0 fully saturated rings. The molecule has 0 aromatic heterocycles. The minimum absolute atomic E-state index is 0.294. The third-order valence-corrected chi connectivity index (χ3v) is 2.54. The molecule has 8 heteroatoms. The number of hydrogen-bond acceptors (Lipinski definition) is 3. The average Bonchev–Trinajstić information content (AvgIpc) is 2.43. The molecular weight excluding hydrogens is 294 g/mol. The van der Waals surface area contributed by atoms with Gasteiger partial charge in [0.25, 0.3) is 11.8 Å². The molecule has 110 valence electrons. The quantitative estimate of drug-likeness (QED) is 0.728. The van der Waals surface area contributed by atoms with Crippen LogP contribution in [0, 0.1) is 0 Å². The van der Waals surface area contributed by atoms with Gasteiger partial charge in [-0.05, 0) is 24.3 Å². The van der Waals surface area contributed by atoms with Gasteiger partial charge in [0.05, 0.1) is 13.1 Å². The molecule has 1 aromatic carbocycles. The lowest BCUT2D eigenvalue weighted by molar-refractivity contribution is -0.123. The smallest absolute Gasteiger partial charge is 0.287 e. The van der Waals surface area contributed by atoms with Gasteiger partial charge in [-0.1, -0.05) is 11.6 Å². The van der Waals surface area contributed by atoms with E-state index in [1.807, 2.05) is 5.32 Å². The van der Waals surface area contributed by atoms with Gasteiger partial charge in [0.1, 0.15) is 6.61 Å². The highest BCUT2D eigenvalue weighted by Crippen LogP contribution is 2.10. The van der Waals surface area contributed by atoms with Crippen LogP contribution in [0.4, 0.5) is 8.78 Å². The van der Waals surface area contributed by atoms with Crippen molar-refractivity contribution in [2.24, 2.45) is 0 Å². The van der Waals surface area contributed by atoms with Crippen LogP contribution in [0.3, 0.4) is 0 Å². The Bertz CT molecular complexity index is 480. The first-order valence-electron chi connectivity index (χ1n) is 5.63. The monoisotopic (exact) mass is 306 g/mol. The van der Waals surface area contributed by atoms with E-state index in [-0.39, 0.29) is 0 Å². The fourth-order valence-corrected chi connectivity index (χ4v) is 1.34. The van der Waals surface area contributed by atoms with Gasteiger partial charge in [-0.25, -0.2) is 8.78 Å². The van der Waals surface area contributed by atoms with Gasteiger partial charge in [0, 0.05) is 10.6 Å². The number of nitrogens with one attached hydrogen (secondary N) is 2. The van der Waals surface area contributed by atoms with Crippen molar-refractivity contribution < 1.29 is 23.5 Å². The second-order valence-corrected chi connectivity index (χ2v) is 4.42. The van der Waals surface area contributed by atoms with E-state index in [1.54, 1.807) is 0 Å². The van der Waals surface area contributed by atoms with Gasteiger partial charge in [0.2, 0.25) is 5.91 Å². The molecule has 0 saturated heterocycles. The Kier molecular flexibility index (Phi) is 5.84. The van der Waals surface area contributed by atoms with Gasteiger partial charge < -0.3 is 15.7 Å². The minimum atomic E-state index is -3.38. The number of rotatable bonds is 6. The lowest BCUT2D eigenvalue weighted by atomic mass is 10.2. The third kappa shape index (κ3) is 5.50. The van der Waals surface area contributed by atoms with E-state index in [9.17, 15) is 18.4 Å². The van der Waals surface area contributed by atoms with E-state index in [0.717, 1.165) is 0 Å². The number of alkyl halides is 2. The van der Waals surface area contributed by atoms with Crippen molar-refractivity contribution in [3.63, 3.8) is 0 Å². The van der Waals surface area contributed by atoms with E-state index < -0.39 is 37.4 Å². The molecule has 1 rings (SSSR count). The minimum Gasteiger partial charge on any atom is -0.390 e. The van der Waals surface area contributed by atoms with Crippen molar-refractivity contribution in [1.29, 1.82) is 0 Å². The number of carbonyl (C=O) groups excluding carboxylic acids is 2. The zero-order valence-electron chi connectivity index (χ0n) is 10.3. The summed E-state index contributed by atoms with van der Waals surface area (Å²) in [5.74, 6) is -4.68. The molecule has 0 aliphatic carbocycles. The summed E-state index contributed by atoms with van der Waals surface area (Å²) >= 11 is 5.65. The Morgan fingerprint density at radius 3 is 2.35 bits per heavy atom. The van der Waals surface area contributed by atoms with Crippen LogP contribution in [0.15, 0.2) is 24.3 Å². The van der Waals surface area contributed by atoms with Crippen LogP contribution < -0.4 is 10.6 Å². The highest BCUT2D eigenvalue weighted by molar-refractivity contribution is 6.30. The molecule has 0 spiro atoms. The van der Waals surface area contributed by atoms with Crippen LogP contribution in [-0.4, -0.2) is 42.5 Å². The zero-order chi connectivity index (χ0) is 15.2. The first kappa shape index (κ1) is 16.3. The van der Waals surface area contributed by atoms with Crippen molar-refractivity contribution in [1.82, 2.24) is 10.6 Å². The molecule has 20 heavy (non-hydrogen) atoms. The summed E-state index contributed by atoms with van der Waals surface area (Å²) in [5, 5.41) is 13.0. The maximum absolute atomic E-state index is 12.7. The van der Waals surface area contributed by atoms with Gasteiger partial charge in [-0.15, -0.1) is 0 Å². The molecule has 0 atom stereocenters. The van der Waals surface area contributed by atoms with Crippen LogP contribution in [0.2, 0.25) is 5.02 Å². The number of carbonyl (C=O) groups is 2. The SMILES string of the molecule is O=C(CNC(=O)c1ccc(Cl)cc1)NCC(F)(F)CO. The lowest BCUT2D eigenvalue weighted by Gasteiger charge is -2.14. The van der Waals surface area contributed by atoms with Crippen molar-refractivity contribution in [3.8, 4) is 0 Å². The summed E-state index contributed by atoms with van der Waals surface area (Å²) in [5.41, 5.74) is 0.294. The van der Waals surface area contributed by atoms with Crippen LogP contribution in [0.1, 0.15) is 10.4 Å². The Hall–Kier alpha value is -1.73. The van der Waals surface area contributed by atoms with Crippen molar-refractivity contribution in [2.75, 3.05) is 19.7 Å². The normalized spacial score (nSPS) is 11.0. The molecule has 5 nitrogen and oxygen atoms in total. The van der Waals surface area contributed by atoms with Crippen molar-refractivity contribution >= 4 is 23.4 Å². The summed E-state index contributed by atoms with van der Waals surface area (Å²) < 4.78 is 25.3. The van der Waals surface area contributed by atoms with E-state index in [2.05, 4.69) is 5.32 Å². The first-order chi connectivity index (χ1) is 9.34. The number of aliphatic hydroxyl groups excluding tert-OH is 1. The predicted molar refractivity (Wildman–Crippen MR) is 68.8 cm³/mol. The summed E-state index contributed by atoms with van der Waals surface area (Å²) in [7, 11) is 0. The van der Waals surface area contributed by atoms with E-state index in [4.69, 9.17) is 16.7 Å². The lowest BCUT2D eigenvalue weighted by Crippen LogP contribution is -2.43. The van der Waals surface area contributed by atoms with E-state index in [0.29, 0.717) is 10.6 Å². The number of amides is 2. The second kappa shape index (κ2) is 7.16.